The van der Waals surface area contributed by atoms with Crippen LogP contribution in [0.2, 0.25) is 0 Å². The predicted octanol–water partition coefficient (Wildman–Crippen LogP) is 3.17. The van der Waals surface area contributed by atoms with Crippen LogP contribution in [0.4, 0.5) is 4.39 Å². The van der Waals surface area contributed by atoms with Gasteiger partial charge in [0.15, 0.2) is 5.43 Å². The molecule has 0 spiro atoms. The fraction of sp³-hybridized carbons (Fsp3) is 0.158. The third-order valence-electron chi connectivity index (χ3n) is 4.65. The van der Waals surface area contributed by atoms with Crippen LogP contribution in [0.5, 0.6) is 5.75 Å². The smallest absolute Gasteiger partial charge is 0.197 e. The number of halogens is 1. The van der Waals surface area contributed by atoms with Gasteiger partial charge in [-0.2, -0.15) is 0 Å². The second-order valence-corrected chi connectivity index (χ2v) is 7.13. The van der Waals surface area contributed by atoms with Crippen molar-refractivity contribution in [2.75, 3.05) is 6.61 Å². The first kappa shape index (κ1) is 15.5. The summed E-state index contributed by atoms with van der Waals surface area (Å²) in [5, 5.41) is 13.1. The third-order valence-corrected chi connectivity index (χ3v) is 5.47. The summed E-state index contributed by atoms with van der Waals surface area (Å²) in [6.45, 7) is 0.182. The molecule has 0 amide bonds. The number of benzene rings is 2. The van der Waals surface area contributed by atoms with Crippen molar-refractivity contribution < 1.29 is 14.2 Å². The minimum absolute atomic E-state index is 0.197. The first-order chi connectivity index (χ1) is 12.7. The van der Waals surface area contributed by atoms with E-state index in [2.05, 4.69) is 4.98 Å². The second kappa shape index (κ2) is 5.62. The van der Waals surface area contributed by atoms with Crippen molar-refractivity contribution >= 4 is 33.1 Å². The zero-order valence-electron chi connectivity index (χ0n) is 13.5. The van der Waals surface area contributed by atoms with Crippen molar-refractivity contribution in [3.05, 3.63) is 57.9 Å². The molecule has 130 valence electrons. The van der Waals surface area contributed by atoms with Gasteiger partial charge in [-0.3, -0.25) is 4.79 Å². The van der Waals surface area contributed by atoms with E-state index in [1.807, 2.05) is 22.1 Å². The molecule has 3 heterocycles. The molecule has 0 radical (unpaired) electrons. The maximum absolute atomic E-state index is 14.0. The summed E-state index contributed by atoms with van der Waals surface area (Å²) in [7, 11) is 0. The van der Waals surface area contributed by atoms with E-state index in [1.165, 1.54) is 23.5 Å². The Morgan fingerprint density at radius 2 is 2.19 bits per heavy atom. The summed E-state index contributed by atoms with van der Waals surface area (Å²) in [6.07, 6.45) is 1.24. The van der Waals surface area contributed by atoms with Crippen molar-refractivity contribution in [2.45, 2.75) is 12.6 Å². The molecule has 0 fully saturated rings. The number of rotatable bonds is 2. The van der Waals surface area contributed by atoms with E-state index < -0.39 is 11.9 Å². The molecule has 26 heavy (non-hydrogen) atoms. The molecule has 0 saturated heterocycles. The topological polar surface area (TPSA) is 64.4 Å². The number of aromatic nitrogens is 2. The highest BCUT2D eigenvalue weighted by molar-refractivity contribution is 7.13. The molecule has 4 aromatic rings. The van der Waals surface area contributed by atoms with E-state index in [1.54, 1.807) is 12.3 Å². The van der Waals surface area contributed by atoms with Crippen LogP contribution in [0.1, 0.15) is 0 Å². The quantitative estimate of drug-likeness (QED) is 0.552. The molecule has 1 atom stereocenters. The van der Waals surface area contributed by atoms with Crippen molar-refractivity contribution in [1.29, 1.82) is 0 Å². The molecule has 2 aromatic carbocycles. The van der Waals surface area contributed by atoms with Gasteiger partial charge in [-0.05, 0) is 18.2 Å². The van der Waals surface area contributed by atoms with Gasteiger partial charge < -0.3 is 14.4 Å². The lowest BCUT2D eigenvalue weighted by molar-refractivity contribution is 0.0962. The maximum Gasteiger partial charge on any atom is 0.197 e. The highest BCUT2D eigenvalue weighted by Gasteiger charge is 2.25. The van der Waals surface area contributed by atoms with E-state index in [9.17, 15) is 14.3 Å². The second-order valence-electron chi connectivity index (χ2n) is 6.23. The van der Waals surface area contributed by atoms with Crippen molar-refractivity contribution in [3.8, 4) is 16.3 Å². The number of nitrogens with zero attached hydrogens (tertiary/aromatic N) is 2. The number of hydrogen-bond acceptors (Lipinski definition) is 5. The molecule has 5 rings (SSSR count). The Labute approximate surface area is 150 Å². The summed E-state index contributed by atoms with van der Waals surface area (Å²) in [4.78, 5) is 17.3. The van der Waals surface area contributed by atoms with Crippen molar-refractivity contribution in [1.82, 2.24) is 9.55 Å². The lowest BCUT2D eigenvalue weighted by Gasteiger charge is -2.28. The van der Waals surface area contributed by atoms with Gasteiger partial charge in [0.2, 0.25) is 0 Å². The third kappa shape index (κ3) is 2.17. The summed E-state index contributed by atoms with van der Waals surface area (Å²) in [6, 6.07) is 8.03. The Morgan fingerprint density at radius 1 is 1.31 bits per heavy atom. The first-order valence-corrected chi connectivity index (χ1v) is 9.01. The van der Waals surface area contributed by atoms with Gasteiger partial charge >= 0.3 is 0 Å². The van der Waals surface area contributed by atoms with Gasteiger partial charge in [-0.15, -0.1) is 11.3 Å². The van der Waals surface area contributed by atoms with Gasteiger partial charge in [-0.25, -0.2) is 9.37 Å². The van der Waals surface area contributed by atoms with Crippen LogP contribution in [0, 0.1) is 5.82 Å². The van der Waals surface area contributed by atoms with Gasteiger partial charge in [0.25, 0.3) is 0 Å². The molecule has 5 nitrogen and oxygen atoms in total. The van der Waals surface area contributed by atoms with Gasteiger partial charge in [0.1, 0.15) is 22.7 Å². The molecule has 0 aliphatic carbocycles. The van der Waals surface area contributed by atoms with Crippen molar-refractivity contribution in [2.24, 2.45) is 0 Å². The number of ether oxygens (including phenoxy) is 1. The number of pyridine rings is 1. The number of thiazole rings is 1. The molecule has 0 saturated carbocycles. The van der Waals surface area contributed by atoms with Gasteiger partial charge in [0, 0.05) is 28.6 Å². The van der Waals surface area contributed by atoms with Crippen molar-refractivity contribution in [3.63, 3.8) is 0 Å². The van der Waals surface area contributed by atoms with Crippen LogP contribution >= 0.6 is 11.3 Å². The number of hydrogen-bond donors (Lipinski definition) is 1. The molecule has 1 N–H and O–H groups in total. The molecule has 1 unspecified atom stereocenters. The SMILES string of the molecule is O=c1c2ccc(-c3nccs3)cc2n2c3c(cc(F)cc13)OC(CO)C2. The zero-order chi connectivity index (χ0) is 17.8. The highest BCUT2D eigenvalue weighted by Crippen LogP contribution is 2.34. The van der Waals surface area contributed by atoms with E-state index in [0.717, 1.165) is 16.1 Å². The Kier molecular flexibility index (Phi) is 3.35. The Hall–Kier alpha value is -2.77. The van der Waals surface area contributed by atoms with Crippen LogP contribution in [0.25, 0.3) is 32.4 Å². The van der Waals surface area contributed by atoms with Crippen LogP contribution in [0.3, 0.4) is 0 Å². The largest absolute Gasteiger partial charge is 0.484 e. The van der Waals surface area contributed by atoms with Crippen LogP contribution in [0.15, 0.2) is 46.7 Å². The Bertz CT molecular complexity index is 1220. The van der Waals surface area contributed by atoms with E-state index in [-0.39, 0.29) is 23.2 Å². The van der Waals surface area contributed by atoms with Gasteiger partial charge in [-0.1, -0.05) is 6.07 Å². The molecule has 1 aliphatic heterocycles. The van der Waals surface area contributed by atoms with E-state index in [0.29, 0.717) is 17.4 Å². The summed E-state index contributed by atoms with van der Waals surface area (Å²) >= 11 is 1.52. The zero-order valence-corrected chi connectivity index (χ0v) is 14.3. The predicted molar refractivity (Wildman–Crippen MR) is 98.3 cm³/mol. The lowest BCUT2D eigenvalue weighted by Crippen LogP contribution is -2.32. The lowest BCUT2D eigenvalue weighted by atomic mass is 10.0. The minimum atomic E-state index is -0.534. The van der Waals surface area contributed by atoms with Crippen LogP contribution in [-0.4, -0.2) is 27.4 Å². The minimum Gasteiger partial charge on any atom is -0.484 e. The molecule has 2 aromatic heterocycles. The first-order valence-electron chi connectivity index (χ1n) is 8.13. The summed E-state index contributed by atoms with van der Waals surface area (Å²) in [5.41, 5.74) is 1.96. The summed E-state index contributed by atoms with van der Waals surface area (Å²) < 4.78 is 21.6. The molecular formula is C19H13FN2O3S. The molecule has 7 heteroatoms. The monoisotopic (exact) mass is 368 g/mol. The van der Waals surface area contributed by atoms with Crippen LogP contribution < -0.4 is 10.2 Å². The van der Waals surface area contributed by atoms with Gasteiger partial charge in [0.05, 0.1) is 29.6 Å². The number of fused-ring (bicyclic) bond motifs is 2. The fourth-order valence-corrected chi connectivity index (χ4v) is 4.17. The average molecular weight is 368 g/mol. The fourth-order valence-electron chi connectivity index (χ4n) is 3.53. The highest BCUT2D eigenvalue weighted by atomic mass is 32.1. The standard InChI is InChI=1S/C19H13FN2O3S/c20-11-6-14-17-16(7-11)25-12(9-23)8-22(17)15-5-10(19-21-3-4-26-19)1-2-13(15)18(14)24/h1-7,12,23H,8-9H2. The maximum atomic E-state index is 14.0. The number of aliphatic hydroxyl groups excluding tert-OH is 1. The normalized spacial score (nSPS) is 16.2. The number of aliphatic hydroxyl groups is 1. The molecular weight excluding hydrogens is 355 g/mol. The molecule has 1 aliphatic rings. The Balaban J connectivity index is 1.92. The van der Waals surface area contributed by atoms with E-state index in [4.69, 9.17) is 4.74 Å². The molecule has 0 bridgehead atoms. The Morgan fingerprint density at radius 3 is 2.96 bits per heavy atom. The van der Waals surface area contributed by atoms with E-state index >= 15 is 0 Å². The van der Waals surface area contributed by atoms with Crippen LogP contribution in [-0.2, 0) is 6.54 Å². The average Bonchev–Trinajstić information content (AvgIpc) is 3.19. The summed E-state index contributed by atoms with van der Waals surface area (Å²) in [5.74, 6) is -0.252.